The molecule has 0 radical (unpaired) electrons. The van der Waals surface area contributed by atoms with Gasteiger partial charge in [0.15, 0.2) is 5.05 Å². The minimum absolute atomic E-state index is 0.520. The molecule has 2 heterocycles. The molecule has 0 saturated heterocycles. The first kappa shape index (κ1) is 13.6. The van der Waals surface area contributed by atoms with Crippen LogP contribution in [0.1, 0.15) is 6.92 Å². The van der Waals surface area contributed by atoms with Crippen LogP contribution in [0.4, 0.5) is 0 Å². The van der Waals surface area contributed by atoms with Gasteiger partial charge in [-0.1, -0.05) is 0 Å². The van der Waals surface area contributed by atoms with Gasteiger partial charge in [-0.3, -0.25) is 9.97 Å². The summed E-state index contributed by atoms with van der Waals surface area (Å²) in [6.45, 7) is 1.73. The van der Waals surface area contributed by atoms with Crippen molar-refractivity contribution < 1.29 is 4.74 Å². The van der Waals surface area contributed by atoms with Crippen LogP contribution in [0.2, 0.25) is 0 Å². The summed E-state index contributed by atoms with van der Waals surface area (Å²) in [4.78, 5) is 8.58. The third-order valence-corrected chi connectivity index (χ3v) is 1.96. The lowest BCUT2D eigenvalue weighted by molar-refractivity contribution is 0.560. The fourth-order valence-electron chi connectivity index (χ4n) is 0.916. The molecule has 2 aromatic rings. The maximum absolute atomic E-state index is 5.11. The SMILES string of the molecule is CC(=S)Oc1ccncc1.Sc1ccncc1. The Hall–Kier alpha value is -1.46. The van der Waals surface area contributed by atoms with Crippen molar-refractivity contribution in [1.82, 2.24) is 9.97 Å². The summed E-state index contributed by atoms with van der Waals surface area (Å²) in [5.74, 6) is 0.738. The van der Waals surface area contributed by atoms with Gasteiger partial charge in [0.2, 0.25) is 0 Å². The molecule has 0 atom stereocenters. The second-order valence-corrected chi connectivity index (χ2v) is 4.07. The fourth-order valence-corrected chi connectivity index (χ4v) is 1.15. The molecule has 0 saturated carbocycles. The van der Waals surface area contributed by atoms with E-state index < -0.39 is 0 Å². The van der Waals surface area contributed by atoms with Gasteiger partial charge in [0.1, 0.15) is 5.75 Å². The molecule has 0 aliphatic heterocycles. The van der Waals surface area contributed by atoms with E-state index in [1.807, 2.05) is 12.1 Å². The van der Waals surface area contributed by atoms with Gasteiger partial charge in [-0.25, -0.2) is 0 Å². The third kappa shape index (κ3) is 6.65. The van der Waals surface area contributed by atoms with E-state index >= 15 is 0 Å². The van der Waals surface area contributed by atoms with Crippen molar-refractivity contribution in [3.05, 3.63) is 49.1 Å². The smallest absolute Gasteiger partial charge is 0.164 e. The summed E-state index contributed by atoms with van der Waals surface area (Å²) < 4.78 is 5.11. The Morgan fingerprint density at radius 1 is 1.06 bits per heavy atom. The Morgan fingerprint density at radius 2 is 1.53 bits per heavy atom. The molecule has 17 heavy (non-hydrogen) atoms. The molecule has 0 N–H and O–H groups in total. The summed E-state index contributed by atoms with van der Waals surface area (Å²) in [6, 6.07) is 7.19. The first-order valence-electron chi connectivity index (χ1n) is 4.86. The standard InChI is InChI=1S/C7H7NOS.C5H5NS/c1-6(10)9-7-2-4-8-5-3-7;7-5-1-3-6-4-2-5/h2-5H,1H3;1-4H,(H,6,7). The molecule has 0 spiro atoms. The van der Waals surface area contributed by atoms with Crippen molar-refractivity contribution in [2.24, 2.45) is 0 Å². The van der Waals surface area contributed by atoms with Crippen LogP contribution in [0.5, 0.6) is 5.75 Å². The lowest BCUT2D eigenvalue weighted by Crippen LogP contribution is -1.97. The van der Waals surface area contributed by atoms with Crippen LogP contribution in [-0.4, -0.2) is 15.0 Å². The average molecular weight is 264 g/mol. The van der Waals surface area contributed by atoms with Gasteiger partial charge < -0.3 is 4.74 Å². The number of hydrogen-bond donors (Lipinski definition) is 1. The summed E-state index contributed by atoms with van der Waals surface area (Å²) in [6.07, 6.45) is 6.74. The van der Waals surface area contributed by atoms with Crippen molar-refractivity contribution in [3.63, 3.8) is 0 Å². The van der Waals surface area contributed by atoms with E-state index in [4.69, 9.17) is 17.0 Å². The van der Waals surface area contributed by atoms with E-state index in [1.54, 1.807) is 43.8 Å². The lowest BCUT2D eigenvalue weighted by Gasteiger charge is -1.99. The van der Waals surface area contributed by atoms with Crippen molar-refractivity contribution in [3.8, 4) is 5.75 Å². The number of ether oxygens (including phenoxy) is 1. The summed E-state index contributed by atoms with van der Waals surface area (Å²) in [5.41, 5.74) is 0. The molecule has 0 amide bonds. The number of thiocarbonyl (C=S) groups is 1. The van der Waals surface area contributed by atoms with Gasteiger partial charge >= 0.3 is 0 Å². The number of hydrogen-bond acceptors (Lipinski definition) is 5. The summed E-state index contributed by atoms with van der Waals surface area (Å²) in [7, 11) is 0. The predicted octanol–water partition coefficient (Wildman–Crippen LogP) is 3.18. The summed E-state index contributed by atoms with van der Waals surface area (Å²) >= 11 is 8.78. The zero-order chi connectivity index (χ0) is 12.5. The predicted molar refractivity (Wildman–Crippen MR) is 74.6 cm³/mol. The van der Waals surface area contributed by atoms with Gasteiger partial charge in [0.25, 0.3) is 0 Å². The van der Waals surface area contributed by atoms with Crippen molar-refractivity contribution >= 4 is 29.9 Å². The molecule has 2 rings (SSSR count). The molecule has 0 aromatic carbocycles. The second-order valence-electron chi connectivity index (χ2n) is 2.98. The largest absolute Gasteiger partial charge is 0.450 e. The molecule has 0 bridgehead atoms. The van der Waals surface area contributed by atoms with Crippen LogP contribution >= 0.6 is 24.8 Å². The van der Waals surface area contributed by atoms with Crippen LogP contribution in [0.3, 0.4) is 0 Å². The highest BCUT2D eigenvalue weighted by atomic mass is 32.1. The Morgan fingerprint density at radius 3 is 1.88 bits per heavy atom. The van der Waals surface area contributed by atoms with Gasteiger partial charge in [-0.05, 0) is 36.5 Å². The zero-order valence-corrected chi connectivity index (χ0v) is 11.0. The second kappa shape index (κ2) is 7.76. The maximum atomic E-state index is 5.11. The van der Waals surface area contributed by atoms with E-state index in [0.717, 1.165) is 10.6 Å². The zero-order valence-electron chi connectivity index (χ0n) is 9.28. The molecule has 0 aliphatic carbocycles. The monoisotopic (exact) mass is 264 g/mol. The van der Waals surface area contributed by atoms with E-state index in [-0.39, 0.29) is 0 Å². The molecule has 0 unspecified atom stereocenters. The van der Waals surface area contributed by atoms with Gasteiger partial charge in [0, 0.05) is 36.6 Å². The number of nitrogens with zero attached hydrogens (tertiary/aromatic N) is 2. The van der Waals surface area contributed by atoms with Crippen LogP contribution in [-0.2, 0) is 0 Å². The first-order chi connectivity index (χ1) is 8.18. The van der Waals surface area contributed by atoms with Crippen LogP contribution in [0.15, 0.2) is 53.9 Å². The molecule has 2 aromatic heterocycles. The molecular formula is C12H12N2OS2. The van der Waals surface area contributed by atoms with Crippen molar-refractivity contribution in [2.75, 3.05) is 0 Å². The average Bonchev–Trinajstić information content (AvgIpc) is 2.31. The lowest BCUT2D eigenvalue weighted by atomic mass is 10.5. The highest BCUT2D eigenvalue weighted by Gasteiger charge is 1.90. The maximum Gasteiger partial charge on any atom is 0.164 e. The Labute approximate surface area is 111 Å². The van der Waals surface area contributed by atoms with Gasteiger partial charge in [-0.2, -0.15) is 0 Å². The van der Waals surface area contributed by atoms with Crippen molar-refractivity contribution in [2.45, 2.75) is 11.8 Å². The molecule has 3 nitrogen and oxygen atoms in total. The molecule has 0 aliphatic rings. The number of pyridine rings is 2. The van der Waals surface area contributed by atoms with E-state index in [1.165, 1.54) is 0 Å². The molecule has 0 fully saturated rings. The highest BCUT2D eigenvalue weighted by molar-refractivity contribution is 7.80. The topological polar surface area (TPSA) is 35.0 Å². The minimum atomic E-state index is 0.520. The van der Waals surface area contributed by atoms with E-state index in [2.05, 4.69) is 22.6 Å². The highest BCUT2D eigenvalue weighted by Crippen LogP contribution is 2.06. The Bertz CT molecular complexity index is 449. The number of aromatic nitrogens is 2. The van der Waals surface area contributed by atoms with Crippen molar-refractivity contribution in [1.29, 1.82) is 0 Å². The van der Waals surface area contributed by atoms with Gasteiger partial charge in [0.05, 0.1) is 0 Å². The van der Waals surface area contributed by atoms with Crippen LogP contribution in [0, 0.1) is 0 Å². The quantitative estimate of drug-likeness (QED) is 0.634. The Balaban J connectivity index is 0.000000181. The normalized spacial score (nSPS) is 8.82. The first-order valence-corrected chi connectivity index (χ1v) is 5.71. The Kier molecular flexibility index (Phi) is 6.21. The fraction of sp³-hybridized carbons (Fsp3) is 0.0833. The number of rotatable bonds is 1. The summed E-state index contributed by atoms with van der Waals surface area (Å²) in [5, 5.41) is 0.520. The molecular weight excluding hydrogens is 252 g/mol. The van der Waals surface area contributed by atoms with Gasteiger partial charge in [-0.15, -0.1) is 12.6 Å². The van der Waals surface area contributed by atoms with E-state index in [0.29, 0.717) is 5.05 Å². The molecule has 88 valence electrons. The minimum Gasteiger partial charge on any atom is -0.450 e. The van der Waals surface area contributed by atoms with Crippen LogP contribution in [0.25, 0.3) is 0 Å². The van der Waals surface area contributed by atoms with E-state index in [9.17, 15) is 0 Å². The van der Waals surface area contributed by atoms with Crippen LogP contribution < -0.4 is 4.74 Å². The third-order valence-electron chi connectivity index (χ3n) is 1.57. The number of thiol groups is 1. The molecule has 5 heteroatoms.